The van der Waals surface area contributed by atoms with E-state index >= 15 is 0 Å². The zero-order chi connectivity index (χ0) is 13.3. The molecule has 1 aromatic carbocycles. The lowest BCUT2D eigenvalue weighted by molar-refractivity contribution is 0.724. The minimum absolute atomic E-state index is 0.145. The van der Waals surface area contributed by atoms with Gasteiger partial charge in [0.05, 0.1) is 21.5 Å². The van der Waals surface area contributed by atoms with Gasteiger partial charge in [-0.15, -0.1) is 0 Å². The van der Waals surface area contributed by atoms with Crippen molar-refractivity contribution in [1.29, 1.82) is 0 Å². The fourth-order valence-electron chi connectivity index (χ4n) is 2.10. The molecule has 2 rings (SSSR count). The van der Waals surface area contributed by atoms with Gasteiger partial charge in [-0.3, -0.25) is 0 Å². The monoisotopic (exact) mass is 307 g/mol. The molecule has 3 nitrogen and oxygen atoms in total. The van der Waals surface area contributed by atoms with Gasteiger partial charge in [0.2, 0.25) is 0 Å². The minimum Gasteiger partial charge on any atom is -0.328 e. The van der Waals surface area contributed by atoms with Crippen LogP contribution in [0, 0.1) is 13.8 Å². The Hall–Kier alpha value is -1.13. The number of benzene rings is 1. The van der Waals surface area contributed by atoms with Crippen LogP contribution in [0.25, 0.3) is 5.69 Å². The molecule has 0 amide bonds. The van der Waals surface area contributed by atoms with Gasteiger partial charge in [-0.2, -0.15) is 5.10 Å². The van der Waals surface area contributed by atoms with E-state index in [9.17, 15) is 0 Å². The number of para-hydroxylation sites is 1. The van der Waals surface area contributed by atoms with Crippen molar-refractivity contribution in [2.75, 3.05) is 0 Å². The summed E-state index contributed by atoms with van der Waals surface area (Å²) >= 11 is 3.56. The number of aryl methyl sites for hydroxylation is 1. The van der Waals surface area contributed by atoms with Crippen LogP contribution in [0.3, 0.4) is 0 Å². The largest absolute Gasteiger partial charge is 0.328 e. The molecule has 1 heterocycles. The molecule has 0 bridgehead atoms. The van der Waals surface area contributed by atoms with E-state index in [1.807, 2.05) is 30.7 Å². The summed E-state index contributed by atoms with van der Waals surface area (Å²) in [5.74, 6) is 0. The average molecular weight is 308 g/mol. The number of nitrogens with two attached hydrogens (primary N) is 1. The van der Waals surface area contributed by atoms with Gasteiger partial charge in [-0.25, -0.2) is 4.68 Å². The van der Waals surface area contributed by atoms with Crippen LogP contribution in [-0.2, 0) is 6.42 Å². The van der Waals surface area contributed by atoms with Crippen molar-refractivity contribution in [2.45, 2.75) is 33.2 Å². The predicted octanol–water partition coefficient (Wildman–Crippen LogP) is 3.14. The Morgan fingerprint density at radius 2 is 2.00 bits per heavy atom. The molecule has 0 aliphatic heterocycles. The lowest BCUT2D eigenvalue weighted by atomic mass is 10.1. The Kier molecular flexibility index (Phi) is 3.88. The zero-order valence-electron chi connectivity index (χ0n) is 10.9. The van der Waals surface area contributed by atoms with E-state index in [4.69, 9.17) is 5.73 Å². The Morgan fingerprint density at radius 3 is 2.56 bits per heavy atom. The van der Waals surface area contributed by atoms with Gasteiger partial charge in [-0.1, -0.05) is 18.2 Å². The SMILES string of the molecule is Cc1nn(-c2ccccc2CC(C)N)c(C)c1Br. The zero-order valence-corrected chi connectivity index (χ0v) is 12.5. The standard InChI is InChI=1S/C14H18BrN3/c1-9(16)8-12-6-4-5-7-13(12)18-11(3)14(15)10(2)17-18/h4-7,9H,8,16H2,1-3H3. The Bertz CT molecular complexity index is 558. The highest BCUT2D eigenvalue weighted by Crippen LogP contribution is 2.25. The number of nitrogens with zero attached hydrogens (tertiary/aromatic N) is 2. The van der Waals surface area contributed by atoms with Crippen molar-refractivity contribution in [3.63, 3.8) is 0 Å². The highest BCUT2D eigenvalue weighted by molar-refractivity contribution is 9.10. The van der Waals surface area contributed by atoms with Crippen LogP contribution in [0.15, 0.2) is 28.7 Å². The number of halogens is 1. The first-order valence-electron chi connectivity index (χ1n) is 6.06. The summed E-state index contributed by atoms with van der Waals surface area (Å²) < 4.78 is 3.05. The molecule has 4 heteroatoms. The maximum Gasteiger partial charge on any atom is 0.0743 e. The molecule has 1 unspecified atom stereocenters. The van der Waals surface area contributed by atoms with Crippen LogP contribution in [0.5, 0.6) is 0 Å². The molecule has 18 heavy (non-hydrogen) atoms. The lowest BCUT2D eigenvalue weighted by Crippen LogP contribution is -2.19. The van der Waals surface area contributed by atoms with E-state index in [0.717, 1.165) is 28.0 Å². The number of rotatable bonds is 3. The van der Waals surface area contributed by atoms with Crippen molar-refractivity contribution in [2.24, 2.45) is 5.73 Å². The van der Waals surface area contributed by atoms with Crippen molar-refractivity contribution >= 4 is 15.9 Å². The summed E-state index contributed by atoms with van der Waals surface area (Å²) in [6, 6.07) is 8.42. The second-order valence-corrected chi connectivity index (χ2v) is 5.50. The summed E-state index contributed by atoms with van der Waals surface area (Å²) in [5.41, 5.74) is 10.4. The quantitative estimate of drug-likeness (QED) is 0.946. The van der Waals surface area contributed by atoms with E-state index in [1.54, 1.807) is 0 Å². The molecule has 1 aromatic heterocycles. The molecular weight excluding hydrogens is 290 g/mol. The molecule has 2 aromatic rings. The summed E-state index contributed by atoms with van der Waals surface area (Å²) in [6.45, 7) is 6.09. The molecule has 2 N–H and O–H groups in total. The third kappa shape index (κ3) is 2.49. The third-order valence-electron chi connectivity index (χ3n) is 2.96. The van der Waals surface area contributed by atoms with E-state index in [-0.39, 0.29) is 6.04 Å². The third-order valence-corrected chi connectivity index (χ3v) is 4.11. The molecule has 0 spiro atoms. The molecule has 0 fully saturated rings. The van der Waals surface area contributed by atoms with Crippen LogP contribution in [0.1, 0.15) is 23.9 Å². The number of aromatic nitrogens is 2. The van der Waals surface area contributed by atoms with Gasteiger partial charge in [-0.05, 0) is 54.8 Å². The minimum atomic E-state index is 0.145. The molecule has 0 aliphatic carbocycles. The fraction of sp³-hybridized carbons (Fsp3) is 0.357. The Morgan fingerprint density at radius 1 is 1.33 bits per heavy atom. The van der Waals surface area contributed by atoms with Crippen molar-refractivity contribution in [1.82, 2.24) is 9.78 Å². The Balaban J connectivity index is 2.53. The first-order valence-corrected chi connectivity index (χ1v) is 6.85. The van der Waals surface area contributed by atoms with Crippen LogP contribution in [0.2, 0.25) is 0 Å². The normalized spacial score (nSPS) is 12.7. The van der Waals surface area contributed by atoms with Gasteiger partial charge >= 0.3 is 0 Å². The summed E-state index contributed by atoms with van der Waals surface area (Å²) in [6.07, 6.45) is 0.853. The molecule has 0 aliphatic rings. The van der Waals surface area contributed by atoms with Crippen LogP contribution in [0.4, 0.5) is 0 Å². The first-order chi connectivity index (χ1) is 8.50. The van der Waals surface area contributed by atoms with Crippen molar-refractivity contribution in [3.8, 4) is 5.69 Å². The molecule has 96 valence electrons. The molecule has 0 saturated carbocycles. The van der Waals surface area contributed by atoms with Crippen LogP contribution in [-0.4, -0.2) is 15.8 Å². The van der Waals surface area contributed by atoms with Gasteiger partial charge in [0.1, 0.15) is 0 Å². The topological polar surface area (TPSA) is 43.8 Å². The smallest absolute Gasteiger partial charge is 0.0743 e. The molecular formula is C14H18BrN3. The number of hydrogen-bond donors (Lipinski definition) is 1. The summed E-state index contributed by atoms with van der Waals surface area (Å²) in [7, 11) is 0. The van der Waals surface area contributed by atoms with Gasteiger partial charge < -0.3 is 5.73 Å². The van der Waals surface area contributed by atoms with E-state index in [2.05, 4.69) is 40.1 Å². The lowest BCUT2D eigenvalue weighted by Gasteiger charge is -2.12. The molecule has 1 atom stereocenters. The van der Waals surface area contributed by atoms with E-state index in [0.29, 0.717) is 0 Å². The summed E-state index contributed by atoms with van der Waals surface area (Å²) in [5, 5.41) is 4.58. The molecule has 0 radical (unpaired) electrons. The average Bonchev–Trinajstić information content (AvgIpc) is 2.57. The van der Waals surface area contributed by atoms with Crippen LogP contribution < -0.4 is 5.73 Å². The second kappa shape index (κ2) is 5.24. The maximum atomic E-state index is 5.91. The van der Waals surface area contributed by atoms with Gasteiger partial charge in [0, 0.05) is 6.04 Å². The van der Waals surface area contributed by atoms with Gasteiger partial charge in [0.15, 0.2) is 0 Å². The highest BCUT2D eigenvalue weighted by Gasteiger charge is 2.13. The molecule has 0 saturated heterocycles. The van der Waals surface area contributed by atoms with Crippen molar-refractivity contribution in [3.05, 3.63) is 45.7 Å². The highest BCUT2D eigenvalue weighted by atomic mass is 79.9. The maximum absolute atomic E-state index is 5.91. The van der Waals surface area contributed by atoms with Crippen LogP contribution >= 0.6 is 15.9 Å². The second-order valence-electron chi connectivity index (χ2n) is 4.71. The summed E-state index contributed by atoms with van der Waals surface area (Å²) in [4.78, 5) is 0. The van der Waals surface area contributed by atoms with E-state index < -0.39 is 0 Å². The fourth-order valence-corrected chi connectivity index (χ4v) is 2.34. The first kappa shape index (κ1) is 13.3. The predicted molar refractivity (Wildman–Crippen MR) is 78.1 cm³/mol. The van der Waals surface area contributed by atoms with Gasteiger partial charge in [0.25, 0.3) is 0 Å². The van der Waals surface area contributed by atoms with Crippen molar-refractivity contribution < 1.29 is 0 Å². The Labute approximate surface area is 116 Å². The van der Waals surface area contributed by atoms with E-state index in [1.165, 1.54) is 5.56 Å². The number of hydrogen-bond acceptors (Lipinski definition) is 2.